The molecule has 0 atom stereocenters. The summed E-state index contributed by atoms with van der Waals surface area (Å²) in [5.41, 5.74) is 2.53. The van der Waals surface area contributed by atoms with E-state index >= 15 is 0 Å². The van der Waals surface area contributed by atoms with E-state index in [4.69, 9.17) is 14.6 Å². The minimum atomic E-state index is -1.00. The number of fused-ring (bicyclic) bond motifs is 4. The Hall–Kier alpha value is -2.90. The van der Waals surface area contributed by atoms with Crippen LogP contribution in [0.3, 0.4) is 0 Å². The van der Waals surface area contributed by atoms with Gasteiger partial charge in [0.05, 0.1) is 18.2 Å². The van der Waals surface area contributed by atoms with Gasteiger partial charge in [-0.2, -0.15) is 0 Å². The van der Waals surface area contributed by atoms with Crippen molar-refractivity contribution in [2.75, 3.05) is 13.2 Å². The highest BCUT2D eigenvalue weighted by atomic mass is 19.1. The molecule has 0 amide bonds. The number of benzene rings is 2. The summed E-state index contributed by atoms with van der Waals surface area (Å²) in [6.45, 7) is 4.29. The number of nitrogens with zero attached hydrogens (tertiary/aromatic N) is 1. The van der Waals surface area contributed by atoms with Crippen molar-refractivity contribution in [1.82, 2.24) is 4.57 Å². The number of halogens is 1. The van der Waals surface area contributed by atoms with Crippen LogP contribution in [0.15, 0.2) is 42.5 Å². The highest BCUT2D eigenvalue weighted by Gasteiger charge is 2.56. The quantitative estimate of drug-likeness (QED) is 0.654. The Morgan fingerprint density at radius 1 is 1.23 bits per heavy atom. The average Bonchev–Trinajstić information content (AvgIpc) is 3.05. The smallest absolute Gasteiger partial charge is 0.329 e. The number of ether oxygens (including phenoxy) is 2. The van der Waals surface area contributed by atoms with Crippen LogP contribution in [0.5, 0.6) is 5.75 Å². The van der Waals surface area contributed by atoms with Crippen LogP contribution in [0.4, 0.5) is 4.39 Å². The van der Waals surface area contributed by atoms with Gasteiger partial charge in [-0.05, 0) is 36.4 Å². The van der Waals surface area contributed by atoms with Gasteiger partial charge < -0.3 is 24.3 Å². The Labute approximate surface area is 178 Å². The van der Waals surface area contributed by atoms with E-state index in [0.717, 1.165) is 22.5 Å². The Morgan fingerprint density at radius 3 is 2.61 bits per heavy atom. The lowest BCUT2D eigenvalue weighted by Gasteiger charge is -2.52. The maximum absolute atomic E-state index is 13.6. The van der Waals surface area contributed by atoms with Crippen molar-refractivity contribution in [3.8, 4) is 11.4 Å². The molecule has 1 aromatic heterocycles. The van der Waals surface area contributed by atoms with Crippen LogP contribution in [0, 0.1) is 5.82 Å². The van der Waals surface area contributed by atoms with E-state index in [0.29, 0.717) is 24.8 Å². The molecule has 5 rings (SSSR count). The van der Waals surface area contributed by atoms with Gasteiger partial charge in [0.15, 0.2) is 0 Å². The van der Waals surface area contributed by atoms with Crippen molar-refractivity contribution in [3.63, 3.8) is 0 Å². The predicted molar refractivity (Wildman–Crippen MR) is 112 cm³/mol. The minimum absolute atomic E-state index is 0.158. The fraction of sp³-hybridized carbons (Fsp3) is 0.375. The van der Waals surface area contributed by atoms with E-state index in [1.807, 2.05) is 6.07 Å². The van der Waals surface area contributed by atoms with Gasteiger partial charge in [-0.15, -0.1) is 0 Å². The molecule has 2 aliphatic rings. The summed E-state index contributed by atoms with van der Waals surface area (Å²) >= 11 is 0. The number of carboxylic acid groups (broad SMARTS) is 1. The average molecular weight is 425 g/mol. The molecule has 162 valence electrons. The van der Waals surface area contributed by atoms with Crippen molar-refractivity contribution in [1.29, 1.82) is 0 Å². The second-order valence-corrected chi connectivity index (χ2v) is 9.11. The summed E-state index contributed by atoms with van der Waals surface area (Å²) in [6, 6.07) is 11.7. The molecule has 2 heterocycles. The maximum Gasteiger partial charge on any atom is 0.329 e. The number of carbonyl (C=O) groups is 1. The monoisotopic (exact) mass is 425 g/mol. The molecule has 31 heavy (non-hydrogen) atoms. The lowest BCUT2D eigenvalue weighted by molar-refractivity contribution is -0.198. The molecule has 0 saturated heterocycles. The van der Waals surface area contributed by atoms with Crippen molar-refractivity contribution < 1.29 is 28.9 Å². The molecule has 1 aliphatic heterocycles. The number of hydrogen-bond donors (Lipinski definition) is 2. The lowest BCUT2D eigenvalue weighted by atomic mass is 9.67. The van der Waals surface area contributed by atoms with E-state index in [1.165, 1.54) is 12.1 Å². The maximum atomic E-state index is 13.6. The fourth-order valence-corrected chi connectivity index (χ4v) is 5.03. The molecule has 1 saturated carbocycles. The van der Waals surface area contributed by atoms with E-state index in [1.54, 1.807) is 24.3 Å². The first-order valence-corrected chi connectivity index (χ1v) is 10.3. The molecule has 6 nitrogen and oxygen atoms in total. The van der Waals surface area contributed by atoms with Crippen molar-refractivity contribution in [2.24, 2.45) is 0 Å². The largest absolute Gasteiger partial charge is 0.507 e. The van der Waals surface area contributed by atoms with Crippen molar-refractivity contribution in [3.05, 3.63) is 59.5 Å². The summed E-state index contributed by atoms with van der Waals surface area (Å²) in [4.78, 5) is 10.9. The normalized spacial score (nSPS) is 24.2. The number of carboxylic acids is 1. The molecule has 1 fully saturated rings. The van der Waals surface area contributed by atoms with Gasteiger partial charge in [0.1, 0.15) is 23.8 Å². The first-order valence-electron chi connectivity index (χ1n) is 10.3. The topological polar surface area (TPSA) is 80.9 Å². The first kappa shape index (κ1) is 20.0. The first-order chi connectivity index (χ1) is 14.7. The minimum Gasteiger partial charge on any atom is -0.507 e. The summed E-state index contributed by atoms with van der Waals surface area (Å²) < 4.78 is 27.6. The van der Waals surface area contributed by atoms with Crippen LogP contribution >= 0.6 is 0 Å². The molecule has 0 bridgehead atoms. The van der Waals surface area contributed by atoms with Crippen molar-refractivity contribution >= 4 is 16.9 Å². The molecule has 0 unspecified atom stereocenters. The molecule has 1 aliphatic carbocycles. The number of aromatic nitrogens is 1. The standard InChI is InChI=1S/C24H24FNO5/c1-23(2)13-31-24(10-16(11-24)30-12-19(28)29)21-20-17(4-3-5-18(20)27)26(22(21)23)15-8-6-14(25)7-9-15/h3-9,16,27H,10-13H2,1-2H3,(H,28,29)/t16-,24+. The second-order valence-electron chi connectivity index (χ2n) is 9.11. The molecular weight excluding hydrogens is 401 g/mol. The second kappa shape index (κ2) is 6.80. The Bertz CT molecular complexity index is 1170. The highest BCUT2D eigenvalue weighted by molar-refractivity contribution is 5.94. The van der Waals surface area contributed by atoms with E-state index < -0.39 is 11.6 Å². The third-order valence-electron chi connectivity index (χ3n) is 6.42. The van der Waals surface area contributed by atoms with Crippen LogP contribution in [0.25, 0.3) is 16.6 Å². The van der Waals surface area contributed by atoms with Gasteiger partial charge in [-0.3, -0.25) is 0 Å². The Balaban J connectivity index is 1.72. The zero-order valence-electron chi connectivity index (χ0n) is 17.4. The highest BCUT2D eigenvalue weighted by Crippen LogP contribution is 2.57. The van der Waals surface area contributed by atoms with Gasteiger partial charge in [-0.1, -0.05) is 19.9 Å². The molecular formula is C24H24FNO5. The van der Waals surface area contributed by atoms with Crippen LogP contribution in [-0.4, -0.2) is 40.1 Å². The van der Waals surface area contributed by atoms with Gasteiger partial charge in [0.2, 0.25) is 0 Å². The van der Waals surface area contributed by atoms with Crippen LogP contribution in [-0.2, 0) is 25.3 Å². The molecule has 2 N–H and O–H groups in total. The van der Waals surface area contributed by atoms with E-state index in [9.17, 15) is 14.3 Å². The van der Waals surface area contributed by atoms with Crippen LogP contribution < -0.4 is 0 Å². The van der Waals surface area contributed by atoms with Gasteiger partial charge >= 0.3 is 5.97 Å². The summed E-state index contributed by atoms with van der Waals surface area (Å²) in [6.07, 6.45) is 0.806. The third kappa shape index (κ3) is 3.03. The van der Waals surface area contributed by atoms with E-state index in [-0.39, 0.29) is 29.7 Å². The third-order valence-corrected chi connectivity index (χ3v) is 6.42. The molecule has 1 spiro atoms. The molecule has 3 aromatic rings. The lowest BCUT2D eigenvalue weighted by Crippen LogP contribution is -2.54. The Kier molecular flexibility index (Phi) is 4.39. The van der Waals surface area contributed by atoms with E-state index in [2.05, 4.69) is 18.4 Å². The van der Waals surface area contributed by atoms with Crippen molar-refractivity contribution in [2.45, 2.75) is 43.8 Å². The molecule has 2 aromatic carbocycles. The number of phenols is 1. The number of aromatic hydroxyl groups is 1. The summed E-state index contributed by atoms with van der Waals surface area (Å²) in [5.74, 6) is -1.16. The fourth-order valence-electron chi connectivity index (χ4n) is 5.03. The predicted octanol–water partition coefficient (Wildman–Crippen LogP) is 4.24. The van der Waals surface area contributed by atoms with Crippen LogP contribution in [0.2, 0.25) is 0 Å². The number of phenolic OH excluding ortho intramolecular Hbond substituents is 1. The summed E-state index contributed by atoms with van der Waals surface area (Å²) in [7, 11) is 0. The van der Waals surface area contributed by atoms with Gasteiger partial charge in [0, 0.05) is 40.6 Å². The number of rotatable bonds is 4. The van der Waals surface area contributed by atoms with Gasteiger partial charge in [-0.25, -0.2) is 9.18 Å². The SMILES string of the molecule is CC1(C)CO[C@]2(C[C@@H](OCC(=O)O)C2)c2c1n(-c1ccc(F)cc1)c1cccc(O)c12. The zero-order valence-corrected chi connectivity index (χ0v) is 17.4. The number of aliphatic carboxylic acids is 1. The van der Waals surface area contributed by atoms with Gasteiger partial charge in [0.25, 0.3) is 0 Å². The molecule has 7 heteroatoms. The zero-order chi connectivity index (χ0) is 22.0. The molecule has 0 radical (unpaired) electrons. The Morgan fingerprint density at radius 2 is 1.94 bits per heavy atom. The summed E-state index contributed by atoms with van der Waals surface area (Å²) in [5, 5.41) is 20.5. The number of hydrogen-bond acceptors (Lipinski definition) is 4. The van der Waals surface area contributed by atoms with Crippen LogP contribution in [0.1, 0.15) is 37.9 Å².